The summed E-state index contributed by atoms with van der Waals surface area (Å²) in [5, 5.41) is 11.4. The molecular weight excluding hydrogens is 607 g/mol. The van der Waals surface area contributed by atoms with Crippen molar-refractivity contribution in [3.63, 3.8) is 0 Å². The number of nitrogens with zero attached hydrogens (tertiary/aromatic N) is 2. The van der Waals surface area contributed by atoms with Crippen LogP contribution in [-0.4, -0.2) is 66.0 Å². The largest absolute Gasteiger partial charge is 0.507 e. The standard InChI is InChI=1S/C31H31IN2O5/c1-21-4-2-3-5-24(21)20-39-26-12-8-23(9-13-26)29(35)27-28(22-6-10-25(32)11-7-22)34(31(37)30(27)36)15-14-33-16-18-38-19-17-33/h2-13,28,35H,14-20H2,1H3/b29-27+. The fraction of sp³-hybridized carbons (Fsp3) is 0.290. The Hall–Kier alpha value is -3.21. The molecule has 5 rings (SSSR count). The SMILES string of the molecule is Cc1ccccc1COc1ccc(/C(O)=C2\C(=O)C(=O)N(CCN3CCOCC3)C2c2ccc(I)cc2)cc1. The lowest BCUT2D eigenvalue weighted by atomic mass is 9.95. The number of halogens is 1. The number of carbonyl (C=O) groups is 2. The first-order valence-electron chi connectivity index (χ1n) is 13.0. The molecule has 3 aromatic rings. The zero-order valence-corrected chi connectivity index (χ0v) is 24.0. The highest BCUT2D eigenvalue weighted by molar-refractivity contribution is 14.1. The van der Waals surface area contributed by atoms with Gasteiger partial charge in [0.05, 0.1) is 24.8 Å². The number of aliphatic hydroxyl groups is 1. The molecule has 7 nitrogen and oxygen atoms in total. The average molecular weight is 639 g/mol. The van der Waals surface area contributed by atoms with Gasteiger partial charge in [-0.05, 0) is 82.6 Å². The lowest BCUT2D eigenvalue weighted by Gasteiger charge is -2.31. The van der Waals surface area contributed by atoms with Crippen LogP contribution in [0.3, 0.4) is 0 Å². The molecule has 1 amide bonds. The predicted molar refractivity (Wildman–Crippen MR) is 157 cm³/mol. The van der Waals surface area contributed by atoms with Crippen LogP contribution in [0, 0.1) is 10.5 Å². The molecule has 1 N–H and O–H groups in total. The molecule has 39 heavy (non-hydrogen) atoms. The molecule has 8 heteroatoms. The zero-order valence-electron chi connectivity index (χ0n) is 21.8. The van der Waals surface area contributed by atoms with E-state index in [9.17, 15) is 14.7 Å². The van der Waals surface area contributed by atoms with Crippen molar-refractivity contribution >= 4 is 40.0 Å². The Morgan fingerprint density at radius 1 is 0.974 bits per heavy atom. The van der Waals surface area contributed by atoms with Crippen molar-refractivity contribution in [3.8, 4) is 5.75 Å². The number of amides is 1. The Bertz CT molecular complexity index is 1360. The molecule has 202 valence electrons. The van der Waals surface area contributed by atoms with Gasteiger partial charge in [-0.25, -0.2) is 0 Å². The van der Waals surface area contributed by atoms with Gasteiger partial charge in [0, 0.05) is 35.3 Å². The molecule has 0 saturated carbocycles. The normalized spacial score (nSPS) is 19.4. The van der Waals surface area contributed by atoms with Crippen molar-refractivity contribution in [3.05, 3.63) is 104 Å². The highest BCUT2D eigenvalue weighted by Crippen LogP contribution is 2.39. The number of Topliss-reactive ketones (excluding diaryl/α,β-unsaturated/α-hetero) is 1. The number of morpholine rings is 1. The number of likely N-dealkylation sites (tertiary alicyclic amines) is 1. The van der Waals surface area contributed by atoms with E-state index in [1.54, 1.807) is 29.2 Å². The summed E-state index contributed by atoms with van der Waals surface area (Å²) in [6.07, 6.45) is 0. The summed E-state index contributed by atoms with van der Waals surface area (Å²) in [7, 11) is 0. The number of aryl methyl sites for hydroxylation is 1. The van der Waals surface area contributed by atoms with E-state index in [1.165, 1.54) is 0 Å². The molecule has 3 aromatic carbocycles. The summed E-state index contributed by atoms with van der Waals surface area (Å²) in [5.41, 5.74) is 3.60. The van der Waals surface area contributed by atoms with Gasteiger partial charge in [0.1, 0.15) is 18.1 Å². The van der Waals surface area contributed by atoms with E-state index in [2.05, 4.69) is 27.5 Å². The maximum atomic E-state index is 13.3. The van der Waals surface area contributed by atoms with Crippen LogP contribution in [0.15, 0.2) is 78.4 Å². The molecule has 0 aliphatic carbocycles. The molecule has 2 heterocycles. The Morgan fingerprint density at radius 3 is 2.36 bits per heavy atom. The molecule has 0 aromatic heterocycles. The van der Waals surface area contributed by atoms with Gasteiger partial charge < -0.3 is 19.5 Å². The third-order valence-corrected chi connectivity index (χ3v) is 7.99. The lowest BCUT2D eigenvalue weighted by Crippen LogP contribution is -2.42. The van der Waals surface area contributed by atoms with Gasteiger partial charge in [-0.2, -0.15) is 0 Å². The summed E-state index contributed by atoms with van der Waals surface area (Å²) in [5.74, 6) is -0.796. The molecule has 1 unspecified atom stereocenters. The quantitative estimate of drug-likeness (QED) is 0.163. The second kappa shape index (κ2) is 12.3. The lowest BCUT2D eigenvalue weighted by molar-refractivity contribution is -0.140. The summed E-state index contributed by atoms with van der Waals surface area (Å²) in [4.78, 5) is 30.4. The van der Waals surface area contributed by atoms with E-state index in [0.29, 0.717) is 44.2 Å². The minimum absolute atomic E-state index is 0.108. The molecule has 2 fully saturated rings. The monoisotopic (exact) mass is 638 g/mol. The van der Waals surface area contributed by atoms with Crippen LogP contribution in [0.2, 0.25) is 0 Å². The van der Waals surface area contributed by atoms with Gasteiger partial charge in [0.15, 0.2) is 0 Å². The first-order valence-corrected chi connectivity index (χ1v) is 14.1. The molecule has 2 saturated heterocycles. The number of rotatable bonds is 8. The first kappa shape index (κ1) is 27.4. The second-order valence-corrected chi connectivity index (χ2v) is 11.0. The highest BCUT2D eigenvalue weighted by atomic mass is 127. The Kier molecular flexibility index (Phi) is 8.64. The van der Waals surface area contributed by atoms with Crippen molar-refractivity contribution in [1.82, 2.24) is 9.80 Å². The highest BCUT2D eigenvalue weighted by Gasteiger charge is 2.46. The van der Waals surface area contributed by atoms with Crippen molar-refractivity contribution in [1.29, 1.82) is 0 Å². The van der Waals surface area contributed by atoms with E-state index in [1.807, 2.05) is 55.5 Å². The van der Waals surface area contributed by atoms with Crippen molar-refractivity contribution in [2.24, 2.45) is 0 Å². The minimum atomic E-state index is -0.669. The topological polar surface area (TPSA) is 79.3 Å². The van der Waals surface area contributed by atoms with Gasteiger partial charge >= 0.3 is 0 Å². The minimum Gasteiger partial charge on any atom is -0.507 e. The van der Waals surface area contributed by atoms with Gasteiger partial charge in [-0.1, -0.05) is 36.4 Å². The maximum absolute atomic E-state index is 13.3. The molecule has 0 spiro atoms. The van der Waals surface area contributed by atoms with Gasteiger partial charge in [0.2, 0.25) is 0 Å². The number of hydrogen-bond donors (Lipinski definition) is 1. The fourth-order valence-electron chi connectivity index (χ4n) is 4.97. The molecular formula is C31H31IN2O5. The number of ketones is 1. The van der Waals surface area contributed by atoms with Crippen LogP contribution in [0.1, 0.15) is 28.3 Å². The van der Waals surface area contributed by atoms with Crippen molar-refractivity contribution < 1.29 is 24.2 Å². The molecule has 1 atom stereocenters. The number of carbonyl (C=O) groups excluding carboxylic acids is 2. The third kappa shape index (κ3) is 6.18. The van der Waals surface area contributed by atoms with Crippen LogP contribution in [0.5, 0.6) is 5.75 Å². The Morgan fingerprint density at radius 2 is 1.67 bits per heavy atom. The van der Waals surface area contributed by atoms with Gasteiger partial charge in [-0.15, -0.1) is 0 Å². The predicted octanol–water partition coefficient (Wildman–Crippen LogP) is 4.93. The average Bonchev–Trinajstić information content (AvgIpc) is 3.21. The van der Waals surface area contributed by atoms with E-state index >= 15 is 0 Å². The van der Waals surface area contributed by atoms with Crippen LogP contribution < -0.4 is 4.74 Å². The molecule has 2 aliphatic heterocycles. The van der Waals surface area contributed by atoms with Gasteiger partial charge in [-0.3, -0.25) is 14.5 Å². The zero-order chi connectivity index (χ0) is 27.4. The summed E-state index contributed by atoms with van der Waals surface area (Å²) in [6, 6.07) is 22.0. The van der Waals surface area contributed by atoms with E-state index in [4.69, 9.17) is 9.47 Å². The summed E-state index contributed by atoms with van der Waals surface area (Å²) in [6.45, 7) is 6.37. The fourth-order valence-corrected chi connectivity index (χ4v) is 5.33. The van der Waals surface area contributed by atoms with Crippen LogP contribution in [-0.2, 0) is 20.9 Å². The van der Waals surface area contributed by atoms with Gasteiger partial charge in [0.25, 0.3) is 11.7 Å². The number of benzene rings is 3. The molecule has 0 bridgehead atoms. The number of hydrogen-bond acceptors (Lipinski definition) is 6. The first-order chi connectivity index (χ1) is 18.9. The van der Waals surface area contributed by atoms with Crippen molar-refractivity contribution in [2.45, 2.75) is 19.6 Å². The molecule has 2 aliphatic rings. The number of ether oxygens (including phenoxy) is 2. The Balaban J connectivity index is 1.41. The second-order valence-electron chi connectivity index (χ2n) is 9.74. The third-order valence-electron chi connectivity index (χ3n) is 7.27. The van der Waals surface area contributed by atoms with Crippen LogP contribution in [0.25, 0.3) is 5.76 Å². The Labute approximate surface area is 242 Å². The van der Waals surface area contributed by atoms with Crippen LogP contribution in [0.4, 0.5) is 0 Å². The summed E-state index contributed by atoms with van der Waals surface area (Å²) < 4.78 is 12.4. The van der Waals surface area contributed by atoms with E-state index in [0.717, 1.165) is 33.4 Å². The van der Waals surface area contributed by atoms with Crippen molar-refractivity contribution in [2.75, 3.05) is 39.4 Å². The number of aliphatic hydroxyl groups excluding tert-OH is 1. The summed E-state index contributed by atoms with van der Waals surface area (Å²) >= 11 is 2.22. The van der Waals surface area contributed by atoms with E-state index in [-0.39, 0.29) is 11.3 Å². The maximum Gasteiger partial charge on any atom is 0.295 e. The smallest absolute Gasteiger partial charge is 0.295 e. The molecule has 0 radical (unpaired) electrons. The van der Waals surface area contributed by atoms with E-state index < -0.39 is 17.7 Å². The van der Waals surface area contributed by atoms with Crippen LogP contribution >= 0.6 is 22.6 Å².